The largest absolute Gasteiger partial charge is 0.359 e. The summed E-state index contributed by atoms with van der Waals surface area (Å²) in [7, 11) is 0. The summed E-state index contributed by atoms with van der Waals surface area (Å²) in [5, 5.41) is 20.6. The number of nitriles is 1. The van der Waals surface area contributed by atoms with Crippen molar-refractivity contribution in [3.63, 3.8) is 0 Å². The first kappa shape index (κ1) is 21.7. The van der Waals surface area contributed by atoms with Crippen molar-refractivity contribution in [2.24, 2.45) is 11.8 Å². The minimum atomic E-state index is -1.05. The molecule has 2 aromatic carbocycles. The summed E-state index contributed by atoms with van der Waals surface area (Å²) < 4.78 is 0.777. The molecule has 0 aliphatic carbocycles. The Morgan fingerprint density at radius 3 is 2.47 bits per heavy atom. The highest BCUT2D eigenvalue weighted by molar-refractivity contribution is 9.10. The number of allylic oxidation sites excluding steroid dienone is 2. The van der Waals surface area contributed by atoms with Gasteiger partial charge in [0.15, 0.2) is 5.78 Å². The van der Waals surface area contributed by atoms with E-state index in [0.29, 0.717) is 11.3 Å². The fourth-order valence-electron chi connectivity index (χ4n) is 4.91. The van der Waals surface area contributed by atoms with E-state index in [1.807, 2.05) is 6.07 Å². The number of anilines is 1. The van der Waals surface area contributed by atoms with Crippen LogP contribution in [0.15, 0.2) is 76.9 Å². The van der Waals surface area contributed by atoms with Crippen LogP contribution in [0, 0.1) is 33.3 Å². The van der Waals surface area contributed by atoms with Crippen molar-refractivity contribution in [2.75, 3.05) is 4.90 Å². The third-order valence-corrected chi connectivity index (χ3v) is 6.90. The molecule has 0 spiro atoms. The maximum absolute atomic E-state index is 13.6. The minimum absolute atomic E-state index is 0.0735. The van der Waals surface area contributed by atoms with Gasteiger partial charge in [0.25, 0.3) is 5.69 Å². The summed E-state index contributed by atoms with van der Waals surface area (Å²) in [4.78, 5) is 54.1. The summed E-state index contributed by atoms with van der Waals surface area (Å²) >= 11 is 3.33. The molecule has 3 aliphatic heterocycles. The Bertz CT molecular complexity index is 1360. The fourth-order valence-corrected chi connectivity index (χ4v) is 5.17. The maximum Gasteiger partial charge on any atom is 0.270 e. The summed E-state index contributed by atoms with van der Waals surface area (Å²) in [5.41, 5.74) is 0.537. The van der Waals surface area contributed by atoms with Gasteiger partial charge in [-0.05, 0) is 36.4 Å². The smallest absolute Gasteiger partial charge is 0.270 e. The van der Waals surface area contributed by atoms with E-state index in [-0.39, 0.29) is 11.3 Å². The molecule has 3 heterocycles. The molecule has 2 saturated heterocycles. The van der Waals surface area contributed by atoms with Crippen LogP contribution in [0.4, 0.5) is 11.4 Å². The number of nitro groups is 1. The number of ketones is 1. The lowest BCUT2D eigenvalue weighted by Gasteiger charge is -2.32. The first-order chi connectivity index (χ1) is 16.3. The van der Waals surface area contributed by atoms with Crippen molar-refractivity contribution >= 4 is 44.9 Å². The summed E-state index contributed by atoms with van der Waals surface area (Å²) in [6.45, 7) is 0. The molecule has 5 rings (SSSR count). The number of carbonyl (C=O) groups is 3. The van der Waals surface area contributed by atoms with Crippen molar-refractivity contribution in [1.82, 2.24) is 4.90 Å². The zero-order valence-electron chi connectivity index (χ0n) is 17.4. The second-order valence-corrected chi connectivity index (χ2v) is 9.06. The topological polar surface area (TPSA) is 125 Å². The van der Waals surface area contributed by atoms with E-state index in [1.165, 1.54) is 30.3 Å². The number of nitro benzene ring substituents is 1. The van der Waals surface area contributed by atoms with Crippen LogP contribution in [0.1, 0.15) is 10.4 Å². The zero-order chi connectivity index (χ0) is 24.1. The molecule has 2 aromatic rings. The van der Waals surface area contributed by atoms with Crippen LogP contribution in [-0.4, -0.2) is 39.5 Å². The molecule has 4 atom stereocenters. The number of hydrogen-bond acceptors (Lipinski definition) is 7. The quantitative estimate of drug-likeness (QED) is 0.263. The molecule has 2 fully saturated rings. The Balaban J connectivity index is 1.60. The highest BCUT2D eigenvalue weighted by Crippen LogP contribution is 2.47. The van der Waals surface area contributed by atoms with Gasteiger partial charge in [-0.3, -0.25) is 24.5 Å². The van der Waals surface area contributed by atoms with Crippen molar-refractivity contribution in [1.29, 1.82) is 5.26 Å². The molecular formula is C24H15BrN4O5. The fraction of sp³-hybridized carbons (Fsp3) is 0.167. The monoisotopic (exact) mass is 518 g/mol. The molecule has 2 amide bonds. The van der Waals surface area contributed by atoms with Gasteiger partial charge in [0.05, 0.1) is 40.1 Å². The van der Waals surface area contributed by atoms with Crippen LogP contribution in [0.2, 0.25) is 0 Å². The number of hydrogen-bond donors (Lipinski definition) is 0. The number of rotatable bonds is 4. The van der Waals surface area contributed by atoms with Crippen LogP contribution >= 0.6 is 15.9 Å². The van der Waals surface area contributed by atoms with E-state index in [4.69, 9.17) is 0 Å². The predicted molar refractivity (Wildman–Crippen MR) is 123 cm³/mol. The number of nitrogens with zero attached hydrogens (tertiary/aromatic N) is 4. The molecule has 0 radical (unpaired) electrons. The minimum Gasteiger partial charge on any atom is -0.359 e. The van der Waals surface area contributed by atoms with Crippen LogP contribution in [0.25, 0.3) is 0 Å². The Hall–Kier alpha value is -4.10. The second-order valence-electron chi connectivity index (χ2n) is 8.14. The number of fused-ring (bicyclic) bond motifs is 3. The third-order valence-electron chi connectivity index (χ3n) is 6.37. The first-order valence-corrected chi connectivity index (χ1v) is 11.1. The third kappa shape index (κ3) is 3.24. The number of carbonyl (C=O) groups excluding carboxylic acids is 3. The normalized spacial score (nSPS) is 25.0. The van der Waals surface area contributed by atoms with Crippen LogP contribution in [-0.2, 0) is 9.59 Å². The van der Waals surface area contributed by atoms with Crippen molar-refractivity contribution in [3.05, 3.63) is 92.6 Å². The molecule has 34 heavy (non-hydrogen) atoms. The highest BCUT2D eigenvalue weighted by atomic mass is 79.9. The predicted octanol–water partition coefficient (Wildman–Crippen LogP) is 3.38. The summed E-state index contributed by atoms with van der Waals surface area (Å²) in [6.07, 6.45) is 4.66. The molecule has 0 bridgehead atoms. The molecule has 0 N–H and O–H groups in total. The zero-order valence-corrected chi connectivity index (χ0v) is 19.0. The van der Waals surface area contributed by atoms with Crippen LogP contribution < -0.4 is 4.90 Å². The Labute approximate surface area is 201 Å². The lowest BCUT2D eigenvalue weighted by Crippen LogP contribution is -2.46. The van der Waals surface area contributed by atoms with Gasteiger partial charge in [0.1, 0.15) is 6.04 Å². The highest BCUT2D eigenvalue weighted by Gasteiger charge is 2.63. The maximum atomic E-state index is 13.6. The lowest BCUT2D eigenvalue weighted by atomic mass is 9.86. The van der Waals surface area contributed by atoms with E-state index >= 15 is 0 Å². The number of halogens is 1. The number of imide groups is 1. The Morgan fingerprint density at radius 2 is 1.79 bits per heavy atom. The standard InChI is InChI=1S/C24H15BrN4O5/c25-15-4-6-16(7-5-15)28-23(31)19-18-10-13(12-26)8-9-27(18)21(20(19)24(28)32)22(30)14-2-1-3-17(11-14)29(33)34/h1-11,18-21H/t18-,19-,20-,21+/m1/s1. The molecular weight excluding hydrogens is 504 g/mol. The van der Waals surface area contributed by atoms with Gasteiger partial charge in [-0.25, -0.2) is 4.90 Å². The summed E-state index contributed by atoms with van der Waals surface area (Å²) in [5.74, 6) is -3.36. The average molecular weight is 519 g/mol. The van der Waals surface area contributed by atoms with Gasteiger partial charge in [-0.2, -0.15) is 5.26 Å². The summed E-state index contributed by atoms with van der Waals surface area (Å²) in [6, 6.07) is 12.3. The molecule has 0 aromatic heterocycles. The van der Waals surface area contributed by atoms with Crippen LogP contribution in [0.5, 0.6) is 0 Å². The van der Waals surface area contributed by atoms with Gasteiger partial charge < -0.3 is 4.90 Å². The molecule has 0 unspecified atom stereocenters. The SMILES string of the molecule is N#CC1=C[C@@H]2[C@H]3C(=O)N(c4ccc(Br)cc4)C(=O)[C@H]3[C@@H](C(=O)c3cccc([N+](=O)[O-])c3)N2C=C1. The number of Topliss-reactive ketones (excluding diaryl/α,β-unsaturated/α-hetero) is 1. The van der Waals surface area contributed by atoms with E-state index in [2.05, 4.69) is 15.9 Å². The second kappa shape index (κ2) is 8.04. The molecule has 0 saturated carbocycles. The average Bonchev–Trinajstić information content (AvgIpc) is 3.31. The van der Waals surface area contributed by atoms with Gasteiger partial charge >= 0.3 is 0 Å². The van der Waals surface area contributed by atoms with E-state index in [1.54, 1.807) is 41.4 Å². The Morgan fingerprint density at radius 1 is 1.09 bits per heavy atom. The van der Waals surface area contributed by atoms with Gasteiger partial charge in [-0.15, -0.1) is 0 Å². The van der Waals surface area contributed by atoms with Crippen LogP contribution in [0.3, 0.4) is 0 Å². The van der Waals surface area contributed by atoms with Crippen molar-refractivity contribution in [3.8, 4) is 6.07 Å². The van der Waals surface area contributed by atoms with E-state index in [9.17, 15) is 29.8 Å². The molecule has 10 heteroatoms. The van der Waals surface area contributed by atoms with Crippen molar-refractivity contribution in [2.45, 2.75) is 12.1 Å². The number of non-ortho nitro benzene ring substituents is 1. The number of benzene rings is 2. The van der Waals surface area contributed by atoms with Gasteiger partial charge in [0, 0.05) is 28.4 Å². The number of amides is 2. The first-order valence-electron chi connectivity index (χ1n) is 10.3. The lowest BCUT2D eigenvalue weighted by molar-refractivity contribution is -0.384. The van der Waals surface area contributed by atoms with Gasteiger partial charge in [-0.1, -0.05) is 28.1 Å². The van der Waals surface area contributed by atoms with Crippen molar-refractivity contribution < 1.29 is 19.3 Å². The molecule has 168 valence electrons. The van der Waals surface area contributed by atoms with E-state index in [0.717, 1.165) is 9.37 Å². The Kier molecular flexibility index (Phi) is 5.14. The van der Waals surface area contributed by atoms with Gasteiger partial charge in [0.2, 0.25) is 11.8 Å². The molecule has 3 aliphatic rings. The van der Waals surface area contributed by atoms with E-state index < -0.39 is 46.4 Å². The molecule has 9 nitrogen and oxygen atoms in total.